The zero-order valence-corrected chi connectivity index (χ0v) is 38.0. The third-order valence-electron chi connectivity index (χ3n) is 13.8. The van der Waals surface area contributed by atoms with E-state index >= 15 is 0 Å². The van der Waals surface area contributed by atoms with Crippen LogP contribution in [-0.2, 0) is 23.8 Å². The number of aliphatic hydroxyl groups is 2. The third-order valence-corrected chi connectivity index (χ3v) is 13.8. The van der Waals surface area contributed by atoms with Crippen molar-refractivity contribution in [2.45, 2.75) is 124 Å². The average Bonchev–Trinajstić information content (AvgIpc) is 3.89. The first-order chi connectivity index (χ1) is 29.8. The second kappa shape index (κ2) is 19.5. The number of benzene rings is 2. The third kappa shape index (κ3) is 9.50. The molecule has 4 aliphatic heterocycles. The molecule has 2 aromatic rings. The van der Waals surface area contributed by atoms with E-state index in [1.165, 1.54) is 72.1 Å². The molecule has 0 aromatic heterocycles. The zero-order valence-electron chi connectivity index (χ0n) is 38.0. The maximum absolute atomic E-state index is 14.5. The Hall–Kier alpha value is -4.90. The van der Waals surface area contributed by atoms with Crippen LogP contribution in [0.5, 0.6) is 23.0 Å². The molecule has 1 amide bonds. The summed E-state index contributed by atoms with van der Waals surface area (Å²) in [4.78, 5) is 43.3. The molecular weight excluding hydrogens is 813 g/mol. The number of Topliss-reactive ketones (excluding diaryl/α,β-unsaturated/α-hetero) is 1. The molecule has 1 aliphatic carbocycles. The second-order valence-corrected chi connectivity index (χ2v) is 18.2. The lowest BCUT2D eigenvalue weighted by Gasteiger charge is -2.38. The van der Waals surface area contributed by atoms with Crippen LogP contribution in [0.3, 0.4) is 0 Å². The molecular formula is C47H66N4O12. The number of aliphatic hydroxyl groups excluding tert-OH is 2. The number of ketones is 1. The number of ether oxygens (including phenoxy) is 4. The molecule has 1 saturated heterocycles. The van der Waals surface area contributed by atoms with Crippen LogP contribution in [0.15, 0.2) is 29.6 Å². The molecule has 6 N–H and O–H groups in total. The number of amides is 1. The number of phenolic OH excluding ortho intramolecular Hbond substituents is 3. The Morgan fingerprint density at radius 3 is 2.22 bits per heavy atom. The number of hydrazone groups is 1. The van der Waals surface area contributed by atoms with Crippen molar-refractivity contribution in [3.05, 3.63) is 41.2 Å². The molecule has 2 aromatic carbocycles. The van der Waals surface area contributed by atoms with Gasteiger partial charge in [-0.05, 0) is 32.3 Å². The number of anilines is 1. The summed E-state index contributed by atoms with van der Waals surface area (Å²) in [6.07, 6.45) is 8.80. The molecule has 346 valence electrons. The minimum Gasteiger partial charge on any atom is -0.507 e. The highest BCUT2D eigenvalue weighted by atomic mass is 16.7. The number of aromatic hydroxyl groups is 3. The lowest BCUT2D eigenvalue weighted by Crippen LogP contribution is -2.47. The number of nitrogens with one attached hydrogen (secondary N) is 1. The number of fused-ring (bicyclic) bond motifs is 15. The standard InChI is InChI=1S/C47H66N4O12/c1-24-13-12-14-25(2)46(59)49-37-32(23-48-51-20-18-50(19-21-51)31-15-10-11-16-31)41(56)34-35(42(37)57)40(55)29(6)44-36(34)45(58)47(8,63-44)61-22-17-33(60-9)26(3)43(62-30(7)52)28(5)39(54)27(4)38(24)53/h12-13,17,22-28,31,33,38-39,43,53-57H,10-11,14-16,18-21H2,1-9H3,(H,49,59)/b13-12+,22-17+,48-23+/t24-,25?,26+,27+,28+,33-,38-,39+,43+,47-/m0/s1. The van der Waals surface area contributed by atoms with E-state index in [1.807, 2.05) is 5.01 Å². The molecule has 5 aliphatic rings. The Labute approximate surface area is 369 Å². The molecule has 1 unspecified atom stereocenters. The highest BCUT2D eigenvalue weighted by Gasteiger charge is 2.50. The summed E-state index contributed by atoms with van der Waals surface area (Å²) in [5.74, 6) is -8.66. The van der Waals surface area contributed by atoms with Crippen LogP contribution in [0, 0.1) is 36.5 Å². The van der Waals surface area contributed by atoms with Crippen LogP contribution in [0.4, 0.5) is 5.69 Å². The number of methoxy groups -OCH3 is 1. The fraction of sp³-hybridized carbons (Fsp3) is 0.617. The molecule has 7 rings (SSSR count). The van der Waals surface area contributed by atoms with Crippen LogP contribution in [0.25, 0.3) is 10.8 Å². The Morgan fingerprint density at radius 2 is 1.59 bits per heavy atom. The summed E-state index contributed by atoms with van der Waals surface area (Å²) in [5.41, 5.74) is -0.381. The quantitative estimate of drug-likeness (QED) is 0.0695. The number of allylic oxidation sites excluding steroid dienone is 1. The predicted molar refractivity (Wildman–Crippen MR) is 237 cm³/mol. The largest absolute Gasteiger partial charge is 0.507 e. The van der Waals surface area contributed by atoms with Crippen molar-refractivity contribution >= 4 is 40.3 Å². The van der Waals surface area contributed by atoms with Gasteiger partial charge >= 0.3 is 11.8 Å². The van der Waals surface area contributed by atoms with Gasteiger partial charge in [-0.2, -0.15) is 5.10 Å². The SMILES string of the molecule is CO[C@H]1/C=C/O[C@@]2(C)Oc3c(C)c(O)c4c(O)c(c(/C=N/N5CCN(C6CCCC6)CC5)c(O)c4c3C2=O)NC(=O)C(C)C/C=C/[C@H](C)[C@H](O)[C@@H](C)[C@@H](O)[C@@H](C)[C@H](OC(C)=O)[C@@H]1C. The predicted octanol–water partition coefficient (Wildman–Crippen LogP) is 5.73. The first-order valence-corrected chi connectivity index (χ1v) is 22.2. The van der Waals surface area contributed by atoms with Crippen LogP contribution in [0.1, 0.15) is 102 Å². The normalized spacial score (nSPS) is 32.8. The molecule has 16 nitrogen and oxygen atoms in total. The van der Waals surface area contributed by atoms with Crippen LogP contribution in [0.2, 0.25) is 0 Å². The lowest BCUT2D eigenvalue weighted by atomic mass is 9.78. The van der Waals surface area contributed by atoms with Gasteiger partial charge in [-0.1, -0.05) is 59.6 Å². The van der Waals surface area contributed by atoms with Crippen molar-refractivity contribution in [2.75, 3.05) is 38.6 Å². The number of phenols is 3. The van der Waals surface area contributed by atoms with Crippen LogP contribution < -0.4 is 10.1 Å². The summed E-state index contributed by atoms with van der Waals surface area (Å²) in [7, 11) is 1.45. The fourth-order valence-electron chi connectivity index (χ4n) is 9.66. The average molecular weight is 879 g/mol. The number of nitrogens with zero attached hydrogens (tertiary/aromatic N) is 3. The molecule has 1 saturated carbocycles. The Balaban J connectivity index is 1.45. The smallest absolute Gasteiger partial charge is 0.312 e. The lowest BCUT2D eigenvalue weighted by molar-refractivity contribution is -0.160. The highest BCUT2D eigenvalue weighted by molar-refractivity contribution is 6.23. The molecule has 4 heterocycles. The van der Waals surface area contributed by atoms with E-state index in [2.05, 4.69) is 10.2 Å². The summed E-state index contributed by atoms with van der Waals surface area (Å²) < 4.78 is 23.7. The molecule has 0 radical (unpaired) electrons. The van der Waals surface area contributed by atoms with Gasteiger partial charge in [0.25, 0.3) is 5.78 Å². The first kappa shape index (κ1) is 47.6. The molecule has 10 atom stereocenters. The van der Waals surface area contributed by atoms with Gasteiger partial charge in [-0.15, -0.1) is 0 Å². The van der Waals surface area contributed by atoms with E-state index in [-0.39, 0.29) is 45.3 Å². The van der Waals surface area contributed by atoms with E-state index < -0.39 is 94.7 Å². The van der Waals surface area contributed by atoms with Gasteiger partial charge in [0, 0.05) is 93.7 Å². The van der Waals surface area contributed by atoms with Gasteiger partial charge < -0.3 is 49.8 Å². The summed E-state index contributed by atoms with van der Waals surface area (Å²) in [6.45, 7) is 15.6. The number of esters is 1. The maximum atomic E-state index is 14.5. The summed E-state index contributed by atoms with van der Waals surface area (Å²) in [5, 5.41) is 67.8. The van der Waals surface area contributed by atoms with E-state index in [0.29, 0.717) is 19.1 Å². The van der Waals surface area contributed by atoms with Crippen LogP contribution >= 0.6 is 0 Å². The van der Waals surface area contributed by atoms with Gasteiger partial charge in [0.1, 0.15) is 23.4 Å². The number of hydrogen-bond acceptors (Lipinski definition) is 15. The Morgan fingerprint density at radius 1 is 0.921 bits per heavy atom. The summed E-state index contributed by atoms with van der Waals surface area (Å²) >= 11 is 0. The minimum absolute atomic E-state index is 0.0744. The fourth-order valence-corrected chi connectivity index (χ4v) is 9.66. The number of rotatable bonds is 5. The van der Waals surface area contributed by atoms with E-state index in [4.69, 9.17) is 24.0 Å². The summed E-state index contributed by atoms with van der Waals surface area (Å²) in [6, 6.07) is 0.559. The van der Waals surface area contributed by atoms with Crippen molar-refractivity contribution in [1.82, 2.24) is 9.91 Å². The van der Waals surface area contributed by atoms with Crippen LogP contribution in [-0.4, -0.2) is 129 Å². The highest BCUT2D eigenvalue weighted by Crippen LogP contribution is 2.55. The van der Waals surface area contributed by atoms with Crippen molar-refractivity contribution in [2.24, 2.45) is 34.7 Å². The van der Waals surface area contributed by atoms with Gasteiger partial charge in [-0.25, -0.2) is 0 Å². The van der Waals surface area contributed by atoms with Crippen molar-refractivity contribution in [1.29, 1.82) is 0 Å². The second-order valence-electron chi connectivity index (χ2n) is 18.2. The molecule has 5 bridgehead atoms. The Kier molecular flexibility index (Phi) is 14.7. The van der Waals surface area contributed by atoms with Crippen molar-refractivity contribution in [3.8, 4) is 23.0 Å². The minimum atomic E-state index is -2.04. The molecule has 16 heteroatoms. The van der Waals surface area contributed by atoms with Gasteiger partial charge in [-0.3, -0.25) is 24.3 Å². The van der Waals surface area contributed by atoms with Gasteiger partial charge in [0.2, 0.25) is 5.91 Å². The number of piperazine rings is 1. The number of carbonyl (C=O) groups excluding carboxylic acids is 3. The molecule has 0 spiro atoms. The monoisotopic (exact) mass is 878 g/mol. The molecule has 2 fully saturated rings. The first-order valence-electron chi connectivity index (χ1n) is 22.2. The number of hydrogen-bond donors (Lipinski definition) is 6. The van der Waals surface area contributed by atoms with Gasteiger partial charge in [0.15, 0.2) is 5.75 Å². The maximum Gasteiger partial charge on any atom is 0.312 e. The number of carbonyl (C=O) groups is 3. The molecule has 63 heavy (non-hydrogen) atoms. The van der Waals surface area contributed by atoms with Gasteiger partial charge in [0.05, 0.1) is 53.0 Å². The van der Waals surface area contributed by atoms with Crippen molar-refractivity contribution < 1.29 is 58.9 Å². The van der Waals surface area contributed by atoms with E-state index in [0.717, 1.165) is 13.1 Å². The van der Waals surface area contributed by atoms with E-state index in [1.54, 1.807) is 46.8 Å². The Bertz CT molecular complexity index is 2130. The zero-order chi connectivity index (χ0) is 46.1. The van der Waals surface area contributed by atoms with E-state index in [9.17, 15) is 39.9 Å². The van der Waals surface area contributed by atoms with Crippen molar-refractivity contribution in [3.63, 3.8) is 0 Å². The topological polar surface area (TPSA) is 220 Å².